The third-order valence-electron chi connectivity index (χ3n) is 11.1. The van der Waals surface area contributed by atoms with Crippen molar-refractivity contribution in [3.8, 4) is 61.5 Å². The van der Waals surface area contributed by atoms with Crippen molar-refractivity contribution >= 4 is 21.8 Å². The van der Waals surface area contributed by atoms with Crippen LogP contribution in [0.25, 0.3) is 83.3 Å². The zero-order valence-electron chi connectivity index (χ0n) is 29.2. The molecule has 2 aromatic heterocycles. The van der Waals surface area contributed by atoms with Crippen LogP contribution in [0.1, 0.15) is 25.0 Å². The number of benzene rings is 7. The third kappa shape index (κ3) is 4.76. The molecule has 0 aliphatic heterocycles. The maximum absolute atomic E-state index is 4.54. The fourth-order valence-corrected chi connectivity index (χ4v) is 8.41. The first-order valence-corrected chi connectivity index (χ1v) is 18.0. The van der Waals surface area contributed by atoms with Gasteiger partial charge in [-0.05, 0) is 110 Å². The van der Waals surface area contributed by atoms with Gasteiger partial charge in [0.1, 0.15) is 0 Å². The molecule has 52 heavy (non-hydrogen) atoms. The Labute approximate surface area is 304 Å². The molecule has 1 aliphatic rings. The van der Waals surface area contributed by atoms with Gasteiger partial charge in [0.2, 0.25) is 0 Å². The second kappa shape index (κ2) is 11.8. The van der Waals surface area contributed by atoms with E-state index in [9.17, 15) is 0 Å². The molecule has 2 heteroatoms. The molecule has 0 saturated heterocycles. The molecule has 0 bridgehead atoms. The summed E-state index contributed by atoms with van der Waals surface area (Å²) >= 11 is 0. The van der Waals surface area contributed by atoms with Crippen molar-refractivity contribution in [2.75, 3.05) is 0 Å². The average Bonchev–Trinajstić information content (AvgIpc) is 3.66. The van der Waals surface area contributed by atoms with Crippen molar-refractivity contribution in [3.05, 3.63) is 193 Å². The molecular formula is C50H36N2. The van der Waals surface area contributed by atoms with Gasteiger partial charge >= 0.3 is 0 Å². The lowest BCUT2D eigenvalue weighted by Gasteiger charge is -2.23. The van der Waals surface area contributed by atoms with E-state index in [0.717, 1.165) is 11.3 Å². The highest BCUT2D eigenvalue weighted by Gasteiger charge is 2.38. The second-order valence-electron chi connectivity index (χ2n) is 14.4. The predicted molar refractivity (Wildman–Crippen MR) is 218 cm³/mol. The Morgan fingerprint density at radius 3 is 1.69 bits per heavy atom. The van der Waals surface area contributed by atoms with E-state index in [1.807, 2.05) is 18.3 Å². The van der Waals surface area contributed by atoms with Crippen molar-refractivity contribution in [2.24, 2.45) is 0 Å². The van der Waals surface area contributed by atoms with E-state index in [0.29, 0.717) is 0 Å². The van der Waals surface area contributed by atoms with Crippen LogP contribution in [-0.4, -0.2) is 9.55 Å². The summed E-state index contributed by atoms with van der Waals surface area (Å²) in [6.07, 6.45) is 1.85. The molecule has 0 amide bonds. The average molecular weight is 665 g/mol. The molecular weight excluding hydrogens is 629 g/mol. The van der Waals surface area contributed by atoms with Gasteiger partial charge in [-0.25, -0.2) is 0 Å². The van der Waals surface area contributed by atoms with E-state index >= 15 is 0 Å². The summed E-state index contributed by atoms with van der Waals surface area (Å²) in [7, 11) is 0. The first kappa shape index (κ1) is 30.3. The standard InChI is InChI=1S/C50H36N2/c1-50(2)44-31-37(33-19-21-36(22-20-33)46-16-10-11-29-51-46)25-28-42(44)49-43(35-12-4-3-5-13-35)30-38(32-45(49)50)34-23-26-39(27-24-34)52-47-17-8-6-14-40(47)41-15-7-9-18-48(41)52/h3-32H,1-2H3. The van der Waals surface area contributed by atoms with Crippen LogP contribution in [0.15, 0.2) is 182 Å². The van der Waals surface area contributed by atoms with E-state index in [1.165, 1.54) is 83.1 Å². The number of nitrogens with zero attached hydrogens (tertiary/aromatic N) is 2. The summed E-state index contributed by atoms with van der Waals surface area (Å²) in [5.74, 6) is 0. The molecule has 9 aromatic rings. The zero-order chi connectivity index (χ0) is 34.8. The van der Waals surface area contributed by atoms with Gasteiger partial charge in [-0.2, -0.15) is 0 Å². The molecule has 7 aromatic carbocycles. The highest BCUT2D eigenvalue weighted by Crippen LogP contribution is 2.54. The summed E-state index contributed by atoms with van der Waals surface area (Å²) in [5.41, 5.74) is 18.3. The monoisotopic (exact) mass is 664 g/mol. The van der Waals surface area contributed by atoms with Crippen LogP contribution in [0.4, 0.5) is 0 Å². The molecule has 0 fully saturated rings. The summed E-state index contributed by atoms with van der Waals surface area (Å²) < 4.78 is 2.38. The normalized spacial score (nSPS) is 13.0. The zero-order valence-corrected chi connectivity index (χ0v) is 29.2. The smallest absolute Gasteiger partial charge is 0.0701 e. The predicted octanol–water partition coefficient (Wildman–Crippen LogP) is 13.2. The number of rotatable bonds is 5. The van der Waals surface area contributed by atoms with Gasteiger partial charge in [0.25, 0.3) is 0 Å². The summed E-state index contributed by atoms with van der Waals surface area (Å²) in [6, 6.07) is 64.1. The molecule has 0 saturated carbocycles. The lowest BCUT2D eigenvalue weighted by atomic mass is 9.80. The van der Waals surface area contributed by atoms with E-state index in [2.05, 4.69) is 187 Å². The minimum Gasteiger partial charge on any atom is -0.309 e. The first-order chi connectivity index (χ1) is 25.5. The Bertz CT molecular complexity index is 2720. The van der Waals surface area contributed by atoms with Gasteiger partial charge in [0.15, 0.2) is 0 Å². The number of pyridine rings is 1. The number of hydrogen-bond acceptors (Lipinski definition) is 1. The fraction of sp³-hybridized carbons (Fsp3) is 0.0600. The summed E-state index contributed by atoms with van der Waals surface area (Å²) in [6.45, 7) is 4.77. The van der Waals surface area contributed by atoms with E-state index < -0.39 is 0 Å². The van der Waals surface area contributed by atoms with Crippen molar-refractivity contribution in [1.82, 2.24) is 9.55 Å². The number of aromatic nitrogens is 2. The maximum Gasteiger partial charge on any atom is 0.0701 e. The van der Waals surface area contributed by atoms with Gasteiger partial charge in [-0.15, -0.1) is 0 Å². The highest BCUT2D eigenvalue weighted by molar-refractivity contribution is 6.09. The molecule has 0 unspecified atom stereocenters. The fourth-order valence-electron chi connectivity index (χ4n) is 8.41. The Hall–Kier alpha value is -6.51. The van der Waals surface area contributed by atoms with Crippen molar-refractivity contribution in [3.63, 3.8) is 0 Å². The SMILES string of the molecule is CC1(C)c2cc(-c3ccc(-c4ccccn4)cc3)ccc2-c2c(-c3ccccc3)cc(-c3ccc(-n4c5ccccc5c5ccccc54)cc3)cc21. The molecule has 10 rings (SSSR count). The summed E-state index contributed by atoms with van der Waals surface area (Å²) in [4.78, 5) is 4.54. The van der Waals surface area contributed by atoms with Crippen molar-refractivity contribution in [2.45, 2.75) is 19.3 Å². The topological polar surface area (TPSA) is 17.8 Å². The largest absolute Gasteiger partial charge is 0.309 e. The Kier molecular flexibility index (Phi) is 6.87. The van der Waals surface area contributed by atoms with Crippen LogP contribution in [0.2, 0.25) is 0 Å². The maximum atomic E-state index is 4.54. The van der Waals surface area contributed by atoms with Crippen molar-refractivity contribution < 1.29 is 0 Å². The highest BCUT2D eigenvalue weighted by atomic mass is 15.0. The lowest BCUT2D eigenvalue weighted by molar-refractivity contribution is 0.661. The van der Waals surface area contributed by atoms with Crippen LogP contribution in [0.5, 0.6) is 0 Å². The molecule has 0 N–H and O–H groups in total. The number of para-hydroxylation sites is 2. The molecule has 0 radical (unpaired) electrons. The van der Waals surface area contributed by atoms with E-state index in [-0.39, 0.29) is 5.41 Å². The van der Waals surface area contributed by atoms with Gasteiger partial charge in [-0.1, -0.05) is 135 Å². The molecule has 1 aliphatic carbocycles. The Morgan fingerprint density at radius 2 is 1.00 bits per heavy atom. The van der Waals surface area contributed by atoms with E-state index in [1.54, 1.807) is 0 Å². The van der Waals surface area contributed by atoms with Gasteiger partial charge < -0.3 is 4.57 Å². The quantitative estimate of drug-likeness (QED) is 0.179. The van der Waals surface area contributed by atoms with Crippen LogP contribution in [0, 0.1) is 0 Å². The minimum atomic E-state index is -0.184. The Morgan fingerprint density at radius 1 is 0.423 bits per heavy atom. The molecule has 2 nitrogen and oxygen atoms in total. The van der Waals surface area contributed by atoms with Gasteiger partial charge in [0.05, 0.1) is 16.7 Å². The number of fused-ring (bicyclic) bond motifs is 6. The first-order valence-electron chi connectivity index (χ1n) is 18.0. The lowest BCUT2D eigenvalue weighted by Crippen LogP contribution is -2.15. The van der Waals surface area contributed by atoms with Crippen LogP contribution in [-0.2, 0) is 5.41 Å². The number of hydrogen-bond donors (Lipinski definition) is 0. The Balaban J connectivity index is 1.08. The minimum absolute atomic E-state index is 0.184. The molecule has 0 atom stereocenters. The molecule has 246 valence electrons. The van der Waals surface area contributed by atoms with Crippen LogP contribution >= 0.6 is 0 Å². The van der Waals surface area contributed by atoms with Crippen LogP contribution < -0.4 is 0 Å². The summed E-state index contributed by atoms with van der Waals surface area (Å²) in [5, 5.41) is 2.56. The van der Waals surface area contributed by atoms with E-state index in [4.69, 9.17) is 0 Å². The second-order valence-corrected chi connectivity index (χ2v) is 14.4. The van der Waals surface area contributed by atoms with Gasteiger partial charge in [0, 0.05) is 33.6 Å². The molecule has 2 heterocycles. The molecule has 0 spiro atoms. The third-order valence-corrected chi connectivity index (χ3v) is 11.1. The van der Waals surface area contributed by atoms with Crippen LogP contribution in [0.3, 0.4) is 0 Å². The van der Waals surface area contributed by atoms with Gasteiger partial charge in [-0.3, -0.25) is 4.98 Å². The van der Waals surface area contributed by atoms with Crippen molar-refractivity contribution in [1.29, 1.82) is 0 Å².